The third-order valence-corrected chi connectivity index (χ3v) is 7.38. The van der Waals surface area contributed by atoms with Gasteiger partial charge in [0.2, 0.25) is 0 Å². The molecule has 2 aromatic rings. The van der Waals surface area contributed by atoms with Gasteiger partial charge in [-0.1, -0.05) is 35.3 Å². The average molecular weight is 400 g/mol. The highest BCUT2D eigenvalue weighted by atomic mass is 35.5. The molecule has 3 atom stereocenters. The Balaban J connectivity index is 1.99. The van der Waals surface area contributed by atoms with Gasteiger partial charge in [0.05, 0.1) is 22.3 Å². The molecule has 0 spiro atoms. The van der Waals surface area contributed by atoms with Crippen molar-refractivity contribution < 1.29 is 13.2 Å². The minimum Gasteiger partial charge on any atom is -0.380 e. The number of hydrogen-bond donors (Lipinski definition) is 1. The van der Waals surface area contributed by atoms with Gasteiger partial charge in [-0.3, -0.25) is 0 Å². The number of halogens is 2. The number of rotatable bonds is 6. The molecule has 0 bridgehead atoms. The molecule has 0 aliphatic heterocycles. The van der Waals surface area contributed by atoms with Crippen LogP contribution in [-0.2, 0) is 14.6 Å². The quantitative estimate of drug-likeness (QED) is 0.804. The fourth-order valence-corrected chi connectivity index (χ4v) is 5.81. The van der Waals surface area contributed by atoms with Crippen LogP contribution in [-0.4, -0.2) is 32.4 Å². The molecule has 1 aliphatic rings. The molecule has 0 heterocycles. The van der Waals surface area contributed by atoms with Gasteiger partial charge in [-0.05, 0) is 48.9 Å². The summed E-state index contributed by atoms with van der Waals surface area (Å²) in [5, 5.41) is 0.320. The summed E-state index contributed by atoms with van der Waals surface area (Å²) in [6.45, 7) is 2.50. The van der Waals surface area contributed by atoms with Gasteiger partial charge in [0.1, 0.15) is 0 Å². The van der Waals surface area contributed by atoms with Gasteiger partial charge in [0.15, 0.2) is 9.84 Å². The van der Waals surface area contributed by atoms with Crippen molar-refractivity contribution in [1.82, 2.24) is 0 Å². The van der Waals surface area contributed by atoms with E-state index in [1.165, 1.54) is 12.1 Å². The summed E-state index contributed by atoms with van der Waals surface area (Å²) in [5.74, 6) is -0.350. The van der Waals surface area contributed by atoms with E-state index in [1.54, 1.807) is 24.3 Å². The van der Waals surface area contributed by atoms with Gasteiger partial charge < -0.3 is 10.5 Å². The van der Waals surface area contributed by atoms with Crippen molar-refractivity contribution in [1.29, 1.82) is 0 Å². The Morgan fingerprint density at radius 1 is 1.04 bits per heavy atom. The van der Waals surface area contributed by atoms with Crippen LogP contribution in [0.4, 0.5) is 0 Å². The second kappa shape index (κ2) is 6.89. The molecule has 134 valence electrons. The highest BCUT2D eigenvalue weighted by Crippen LogP contribution is 2.55. The minimum absolute atomic E-state index is 0.175. The summed E-state index contributed by atoms with van der Waals surface area (Å²) in [6, 6.07) is 13.3. The minimum atomic E-state index is -3.62. The van der Waals surface area contributed by atoms with Crippen LogP contribution in [0, 0.1) is 0 Å². The average Bonchev–Trinajstić information content (AvgIpc) is 3.21. The first-order chi connectivity index (χ1) is 11.8. The van der Waals surface area contributed by atoms with Crippen molar-refractivity contribution in [3.8, 4) is 0 Å². The van der Waals surface area contributed by atoms with Crippen LogP contribution >= 0.6 is 23.2 Å². The van der Waals surface area contributed by atoms with Gasteiger partial charge in [-0.2, -0.15) is 0 Å². The van der Waals surface area contributed by atoms with Crippen molar-refractivity contribution >= 4 is 33.0 Å². The summed E-state index contributed by atoms with van der Waals surface area (Å²) in [6.07, 6.45) is 0. The second-order valence-electron chi connectivity index (χ2n) is 6.20. The summed E-state index contributed by atoms with van der Waals surface area (Å²) in [4.78, 5) is 0.213. The Hall–Kier alpha value is -1.11. The molecule has 7 heteroatoms. The molecular weight excluding hydrogens is 381 g/mol. The Labute approximate surface area is 157 Å². The van der Waals surface area contributed by atoms with Gasteiger partial charge in [0.25, 0.3) is 0 Å². The molecule has 25 heavy (non-hydrogen) atoms. The van der Waals surface area contributed by atoms with Gasteiger partial charge in [-0.25, -0.2) is 8.42 Å². The van der Waals surface area contributed by atoms with Gasteiger partial charge in [-0.15, -0.1) is 0 Å². The van der Waals surface area contributed by atoms with E-state index in [0.29, 0.717) is 16.7 Å². The van der Waals surface area contributed by atoms with Crippen LogP contribution in [0.1, 0.15) is 18.4 Å². The third kappa shape index (κ3) is 3.44. The zero-order chi connectivity index (χ0) is 18.2. The predicted molar refractivity (Wildman–Crippen MR) is 100 cm³/mol. The van der Waals surface area contributed by atoms with Crippen LogP contribution in [0.25, 0.3) is 0 Å². The van der Waals surface area contributed by atoms with Crippen LogP contribution in [0.3, 0.4) is 0 Å². The van der Waals surface area contributed by atoms with E-state index in [9.17, 15) is 8.42 Å². The van der Waals surface area contributed by atoms with Crippen LogP contribution < -0.4 is 5.73 Å². The zero-order valence-electron chi connectivity index (χ0n) is 13.7. The van der Waals surface area contributed by atoms with Crippen molar-refractivity contribution in [2.24, 2.45) is 5.73 Å². The van der Waals surface area contributed by atoms with E-state index in [4.69, 9.17) is 33.7 Å². The van der Waals surface area contributed by atoms with Crippen molar-refractivity contribution in [2.75, 3.05) is 13.2 Å². The molecule has 1 aliphatic carbocycles. The number of nitrogens with two attached hydrogens (primary N) is 1. The van der Waals surface area contributed by atoms with Gasteiger partial charge in [0, 0.05) is 22.6 Å². The SMILES string of the molecule is CCOC[C@@]1(N)[C@H](S(=O)(=O)c2ccc(Cl)cc2)[C@@H]1c1ccc(Cl)cc1. The molecule has 2 aromatic carbocycles. The summed E-state index contributed by atoms with van der Waals surface area (Å²) in [7, 11) is -3.62. The van der Waals surface area contributed by atoms with Crippen molar-refractivity contribution in [2.45, 2.75) is 28.5 Å². The van der Waals surface area contributed by atoms with E-state index >= 15 is 0 Å². The van der Waals surface area contributed by atoms with Crippen LogP contribution in [0.15, 0.2) is 53.4 Å². The number of hydrogen-bond acceptors (Lipinski definition) is 4. The van der Waals surface area contributed by atoms with Crippen LogP contribution in [0.2, 0.25) is 10.0 Å². The zero-order valence-corrected chi connectivity index (χ0v) is 16.0. The molecule has 1 fully saturated rings. The standard InChI is InChI=1S/C18H19Cl2NO3S/c1-2-24-11-18(21)16(12-3-5-13(19)6-4-12)17(18)25(22,23)15-9-7-14(20)8-10-15/h3-10,16-17H,2,11,21H2,1H3/t16-,17+,18-/m0/s1. The summed E-state index contributed by atoms with van der Waals surface area (Å²) in [5.41, 5.74) is 6.35. The first kappa shape index (κ1) is 18.7. The molecule has 3 rings (SSSR count). The predicted octanol–water partition coefficient (Wildman–Crippen LogP) is 3.67. The fraction of sp³-hybridized carbons (Fsp3) is 0.333. The molecule has 0 radical (unpaired) electrons. The summed E-state index contributed by atoms with van der Waals surface area (Å²) < 4.78 is 31.7. The fourth-order valence-electron chi connectivity index (χ4n) is 3.27. The number of benzene rings is 2. The number of ether oxygens (including phenoxy) is 1. The Bertz CT molecular complexity index is 853. The monoisotopic (exact) mass is 399 g/mol. The smallest absolute Gasteiger partial charge is 0.183 e. The Morgan fingerprint density at radius 3 is 2.08 bits per heavy atom. The lowest BCUT2D eigenvalue weighted by atomic mass is 10.1. The highest BCUT2D eigenvalue weighted by Gasteiger charge is 2.69. The molecule has 0 amide bonds. The van der Waals surface area contributed by atoms with E-state index in [-0.39, 0.29) is 17.4 Å². The molecule has 4 nitrogen and oxygen atoms in total. The van der Waals surface area contributed by atoms with E-state index in [1.807, 2.05) is 19.1 Å². The van der Waals surface area contributed by atoms with Crippen molar-refractivity contribution in [3.63, 3.8) is 0 Å². The molecule has 2 N–H and O–H groups in total. The molecule has 0 unspecified atom stereocenters. The first-order valence-electron chi connectivity index (χ1n) is 7.92. The molecular formula is C18H19Cl2NO3S. The van der Waals surface area contributed by atoms with Crippen molar-refractivity contribution in [3.05, 3.63) is 64.1 Å². The van der Waals surface area contributed by atoms with Gasteiger partial charge >= 0.3 is 0 Å². The Kier molecular flexibility index (Phi) is 5.15. The molecule has 1 saturated carbocycles. The first-order valence-corrected chi connectivity index (χ1v) is 10.2. The normalized spacial score (nSPS) is 25.8. The maximum atomic E-state index is 13.1. The lowest BCUT2D eigenvalue weighted by Gasteiger charge is -2.12. The van der Waals surface area contributed by atoms with E-state index < -0.39 is 20.6 Å². The summed E-state index contributed by atoms with van der Waals surface area (Å²) >= 11 is 11.8. The van der Waals surface area contributed by atoms with E-state index in [0.717, 1.165) is 5.56 Å². The lowest BCUT2D eigenvalue weighted by molar-refractivity contribution is 0.125. The number of sulfone groups is 1. The molecule has 0 aromatic heterocycles. The largest absolute Gasteiger partial charge is 0.380 e. The third-order valence-electron chi connectivity index (χ3n) is 4.56. The maximum Gasteiger partial charge on any atom is 0.183 e. The second-order valence-corrected chi connectivity index (χ2v) is 9.14. The Morgan fingerprint density at radius 2 is 1.56 bits per heavy atom. The van der Waals surface area contributed by atoms with E-state index in [2.05, 4.69) is 0 Å². The maximum absolute atomic E-state index is 13.1. The lowest BCUT2D eigenvalue weighted by Crippen LogP contribution is -2.36. The molecule has 0 saturated heterocycles. The topological polar surface area (TPSA) is 69.4 Å². The van der Waals surface area contributed by atoms with Crippen LogP contribution in [0.5, 0.6) is 0 Å². The highest BCUT2D eigenvalue weighted by molar-refractivity contribution is 7.92.